The van der Waals surface area contributed by atoms with Crippen molar-refractivity contribution >= 4 is 5.91 Å². The van der Waals surface area contributed by atoms with E-state index in [0.29, 0.717) is 6.42 Å². The van der Waals surface area contributed by atoms with Gasteiger partial charge in [-0.05, 0) is 77.0 Å². The van der Waals surface area contributed by atoms with Crippen LogP contribution in [0.5, 0.6) is 0 Å². The minimum atomic E-state index is -1.58. The van der Waals surface area contributed by atoms with Crippen molar-refractivity contribution < 1.29 is 39.8 Å². The largest absolute Gasteiger partial charge is 0.394 e. The van der Waals surface area contributed by atoms with Crippen LogP contribution in [-0.2, 0) is 14.3 Å². The molecule has 7 atom stereocenters. The lowest BCUT2D eigenvalue weighted by Gasteiger charge is -2.40. The molecule has 1 heterocycles. The van der Waals surface area contributed by atoms with Crippen LogP contribution in [0.25, 0.3) is 0 Å². The summed E-state index contributed by atoms with van der Waals surface area (Å²) in [4.78, 5) is 13.1. The lowest BCUT2D eigenvalue weighted by Crippen LogP contribution is -2.60. The molecule has 1 aliphatic heterocycles. The van der Waals surface area contributed by atoms with Crippen molar-refractivity contribution in [1.82, 2.24) is 5.32 Å². The normalized spacial score (nSPS) is 18.8. The molecule has 7 unspecified atom stereocenters. The van der Waals surface area contributed by atoms with Crippen molar-refractivity contribution in [3.63, 3.8) is 0 Å². The van der Waals surface area contributed by atoms with E-state index < -0.39 is 49.5 Å². The van der Waals surface area contributed by atoms with E-state index in [9.17, 15) is 30.3 Å². The second kappa shape index (κ2) is 60.0. The smallest absolute Gasteiger partial charge is 0.220 e. The van der Waals surface area contributed by atoms with E-state index in [-0.39, 0.29) is 12.5 Å². The number of carbonyl (C=O) groups is 1. The summed E-state index contributed by atoms with van der Waals surface area (Å²) in [7, 11) is 0. The average molecular weight is 1130 g/mol. The lowest BCUT2D eigenvalue weighted by atomic mass is 9.99. The Hall–Kier alpha value is -2.11. The molecular weight excluding hydrogens is 995 g/mol. The van der Waals surface area contributed by atoms with E-state index in [1.165, 1.54) is 257 Å². The van der Waals surface area contributed by atoms with Crippen molar-refractivity contribution in [1.29, 1.82) is 0 Å². The Kier molecular flexibility index (Phi) is 57.0. The van der Waals surface area contributed by atoms with Crippen LogP contribution in [0.1, 0.15) is 328 Å². The van der Waals surface area contributed by atoms with Gasteiger partial charge in [-0.2, -0.15) is 0 Å². The summed E-state index contributed by atoms with van der Waals surface area (Å²) in [6.07, 6.45) is 76.2. The molecule has 9 heteroatoms. The van der Waals surface area contributed by atoms with Crippen LogP contribution in [0.15, 0.2) is 60.8 Å². The van der Waals surface area contributed by atoms with Gasteiger partial charge in [-0.3, -0.25) is 4.79 Å². The zero-order valence-corrected chi connectivity index (χ0v) is 52.3. The number of hydrogen-bond donors (Lipinski definition) is 6. The van der Waals surface area contributed by atoms with Gasteiger partial charge in [-0.15, -0.1) is 0 Å². The minimum Gasteiger partial charge on any atom is -0.394 e. The second-order valence-corrected chi connectivity index (χ2v) is 24.0. The van der Waals surface area contributed by atoms with E-state index in [4.69, 9.17) is 9.47 Å². The first-order valence-electron chi connectivity index (χ1n) is 34.5. The van der Waals surface area contributed by atoms with Crippen LogP contribution in [-0.4, -0.2) is 87.5 Å². The molecule has 0 radical (unpaired) electrons. The average Bonchev–Trinajstić information content (AvgIpc) is 3.46. The van der Waals surface area contributed by atoms with Crippen LogP contribution < -0.4 is 5.32 Å². The van der Waals surface area contributed by atoms with E-state index in [2.05, 4.69) is 67.8 Å². The van der Waals surface area contributed by atoms with E-state index in [0.717, 1.165) is 51.4 Å². The molecular formula is C71H131NO8. The van der Waals surface area contributed by atoms with Gasteiger partial charge in [-0.25, -0.2) is 0 Å². The molecule has 0 aromatic carbocycles. The van der Waals surface area contributed by atoms with Gasteiger partial charge in [0.1, 0.15) is 24.4 Å². The van der Waals surface area contributed by atoms with Gasteiger partial charge in [0.05, 0.1) is 25.4 Å². The number of unbranched alkanes of at least 4 members (excludes halogenated alkanes) is 42. The quantitative estimate of drug-likeness (QED) is 0.0261. The first-order valence-corrected chi connectivity index (χ1v) is 34.5. The molecule has 1 saturated heterocycles. The highest BCUT2D eigenvalue weighted by atomic mass is 16.7. The van der Waals surface area contributed by atoms with Crippen molar-refractivity contribution in [2.75, 3.05) is 13.2 Å². The summed E-state index contributed by atoms with van der Waals surface area (Å²) in [6, 6.07) is -0.829. The highest BCUT2D eigenvalue weighted by molar-refractivity contribution is 5.76. The Morgan fingerprint density at radius 3 is 1.12 bits per heavy atom. The number of ether oxygens (including phenoxy) is 2. The molecule has 468 valence electrons. The maximum atomic E-state index is 13.1. The van der Waals surface area contributed by atoms with Gasteiger partial charge in [0, 0.05) is 6.42 Å². The predicted molar refractivity (Wildman–Crippen MR) is 341 cm³/mol. The van der Waals surface area contributed by atoms with Crippen molar-refractivity contribution in [2.45, 2.75) is 371 Å². The summed E-state index contributed by atoms with van der Waals surface area (Å²) < 4.78 is 11.3. The van der Waals surface area contributed by atoms with Crippen LogP contribution >= 0.6 is 0 Å². The Bertz CT molecular complexity index is 1450. The van der Waals surface area contributed by atoms with Gasteiger partial charge >= 0.3 is 0 Å². The Morgan fingerprint density at radius 2 is 0.750 bits per heavy atom. The Balaban J connectivity index is 2.10. The molecule has 6 N–H and O–H groups in total. The van der Waals surface area contributed by atoms with Gasteiger partial charge in [0.25, 0.3) is 0 Å². The summed E-state index contributed by atoms with van der Waals surface area (Å²) in [5.41, 5.74) is 0. The molecule has 0 aliphatic carbocycles. The number of allylic oxidation sites excluding steroid dienone is 9. The van der Waals surface area contributed by atoms with Crippen LogP contribution in [0, 0.1) is 0 Å². The topological polar surface area (TPSA) is 149 Å². The summed E-state index contributed by atoms with van der Waals surface area (Å²) in [5, 5.41) is 54.6. The summed E-state index contributed by atoms with van der Waals surface area (Å²) in [6.45, 7) is 3.78. The summed E-state index contributed by atoms with van der Waals surface area (Å²) in [5.74, 6) is -0.186. The third kappa shape index (κ3) is 48.3. The van der Waals surface area contributed by atoms with Crippen LogP contribution in [0.3, 0.4) is 0 Å². The molecule has 1 aliphatic rings. The predicted octanol–water partition coefficient (Wildman–Crippen LogP) is 18.6. The third-order valence-corrected chi connectivity index (χ3v) is 16.3. The molecule has 1 rings (SSSR count). The standard InChI is InChI=1S/C71H131NO8/c1-3-5-7-9-11-13-15-17-19-21-23-25-26-27-28-29-30-31-32-33-34-35-36-37-38-39-40-41-43-45-47-49-51-53-55-57-59-61-67(75)72-64(63-79-71-70(78)69(77)68(76)66(62-73)80-71)65(74)60-58-56-54-52-50-48-46-44-42-24-22-20-18-16-14-12-10-8-6-4-2/h15,17,21,23,42,44,50,52,58,60,64-66,68-71,73-74,76-78H,3-14,16,18-20,22,24-41,43,45-49,51,53-57,59,61-63H2,1-2H3,(H,72,75)/b17-15-,23-21-,44-42+,52-50+,60-58+. The fraction of sp³-hybridized carbons (Fsp3) is 0.845. The molecule has 9 nitrogen and oxygen atoms in total. The fourth-order valence-electron chi connectivity index (χ4n) is 10.9. The highest BCUT2D eigenvalue weighted by Gasteiger charge is 2.44. The van der Waals surface area contributed by atoms with Gasteiger partial charge < -0.3 is 40.3 Å². The molecule has 0 bridgehead atoms. The van der Waals surface area contributed by atoms with Crippen LogP contribution in [0.2, 0.25) is 0 Å². The Morgan fingerprint density at radius 1 is 0.425 bits per heavy atom. The molecule has 1 fully saturated rings. The highest BCUT2D eigenvalue weighted by Crippen LogP contribution is 2.23. The number of aliphatic hydroxyl groups excluding tert-OH is 5. The van der Waals surface area contributed by atoms with E-state index in [1.54, 1.807) is 6.08 Å². The molecule has 0 aromatic rings. The van der Waals surface area contributed by atoms with E-state index in [1.807, 2.05) is 6.08 Å². The fourth-order valence-corrected chi connectivity index (χ4v) is 10.9. The number of nitrogens with one attached hydrogen (secondary N) is 1. The molecule has 0 aromatic heterocycles. The monoisotopic (exact) mass is 1130 g/mol. The number of amides is 1. The molecule has 0 saturated carbocycles. The number of rotatable bonds is 60. The van der Waals surface area contributed by atoms with Crippen molar-refractivity contribution in [2.24, 2.45) is 0 Å². The number of carbonyl (C=O) groups excluding carboxylic acids is 1. The maximum absolute atomic E-state index is 13.1. The molecule has 0 spiro atoms. The van der Waals surface area contributed by atoms with Crippen molar-refractivity contribution in [3.8, 4) is 0 Å². The first kappa shape index (κ1) is 75.9. The second-order valence-electron chi connectivity index (χ2n) is 24.0. The SMILES string of the molecule is CCCCCCC/C=C\C/C=C\CCCCCCCCCCCCCCCCCCCCCCCCCCCC(=O)NC(COC1OC(CO)C(O)C(O)C1O)C(O)/C=C/CC/C=C/CC/C=C/CCCCCCCCCCCC. The third-order valence-electron chi connectivity index (χ3n) is 16.3. The van der Waals surface area contributed by atoms with E-state index >= 15 is 0 Å². The zero-order valence-electron chi connectivity index (χ0n) is 52.3. The zero-order chi connectivity index (χ0) is 57.9. The first-order chi connectivity index (χ1) is 39.3. The number of aliphatic hydroxyl groups is 5. The van der Waals surface area contributed by atoms with Gasteiger partial charge in [0.15, 0.2) is 6.29 Å². The minimum absolute atomic E-state index is 0.186. The maximum Gasteiger partial charge on any atom is 0.220 e. The Labute approximate surface area is 494 Å². The van der Waals surface area contributed by atoms with Gasteiger partial charge in [-0.1, -0.05) is 306 Å². The molecule has 80 heavy (non-hydrogen) atoms. The number of hydrogen-bond acceptors (Lipinski definition) is 8. The summed E-state index contributed by atoms with van der Waals surface area (Å²) >= 11 is 0. The van der Waals surface area contributed by atoms with Gasteiger partial charge in [0.2, 0.25) is 5.91 Å². The molecule has 1 amide bonds. The van der Waals surface area contributed by atoms with Crippen LogP contribution in [0.4, 0.5) is 0 Å². The lowest BCUT2D eigenvalue weighted by molar-refractivity contribution is -0.302. The van der Waals surface area contributed by atoms with Crippen molar-refractivity contribution in [3.05, 3.63) is 60.8 Å².